The van der Waals surface area contributed by atoms with Gasteiger partial charge in [-0.05, 0) is 38.9 Å². The minimum atomic E-state index is -0.349. The van der Waals surface area contributed by atoms with Gasteiger partial charge in [-0.3, -0.25) is 10.1 Å². The van der Waals surface area contributed by atoms with Gasteiger partial charge in [0.1, 0.15) is 0 Å². The number of nitrogens with zero attached hydrogens (tertiary/aromatic N) is 1. The van der Waals surface area contributed by atoms with Gasteiger partial charge in [0.2, 0.25) is 0 Å². The second kappa shape index (κ2) is 4.33. The maximum absolute atomic E-state index is 10.7. The number of nitro benzene ring substituents is 1. The van der Waals surface area contributed by atoms with Gasteiger partial charge in [-0.15, -0.1) is 0 Å². The first kappa shape index (κ1) is 11.9. The number of hydrogen-bond donors (Lipinski definition) is 2. The lowest BCUT2D eigenvalue weighted by molar-refractivity contribution is -0.385. The maximum Gasteiger partial charge on any atom is 0.272 e. The third-order valence-corrected chi connectivity index (χ3v) is 3.21. The van der Waals surface area contributed by atoms with E-state index in [0.717, 1.165) is 25.2 Å². The van der Waals surface area contributed by atoms with E-state index in [1.54, 1.807) is 19.1 Å². The molecular weight excluding hydrogens is 218 g/mol. The van der Waals surface area contributed by atoms with Crippen LogP contribution in [0.15, 0.2) is 18.2 Å². The van der Waals surface area contributed by atoms with Crippen LogP contribution < -0.4 is 10.6 Å². The maximum atomic E-state index is 10.7. The summed E-state index contributed by atoms with van der Waals surface area (Å²) in [4.78, 5) is 10.4. The van der Waals surface area contributed by atoms with Crippen molar-refractivity contribution in [1.29, 1.82) is 0 Å². The molecule has 0 bridgehead atoms. The number of rotatable bonds is 3. The Labute approximate surface area is 100 Å². The molecular formula is C12H17N3O2. The number of hydrogen-bond acceptors (Lipinski definition) is 4. The molecule has 0 amide bonds. The predicted molar refractivity (Wildman–Crippen MR) is 67.3 cm³/mol. The van der Waals surface area contributed by atoms with Crippen LogP contribution in [0.4, 0.5) is 11.4 Å². The summed E-state index contributed by atoms with van der Waals surface area (Å²) in [5.74, 6) is 0. The van der Waals surface area contributed by atoms with Crippen LogP contribution in [0.5, 0.6) is 0 Å². The molecule has 1 fully saturated rings. The first-order chi connectivity index (χ1) is 8.00. The lowest BCUT2D eigenvalue weighted by atomic mass is 10.0. The highest BCUT2D eigenvalue weighted by Crippen LogP contribution is 2.25. The van der Waals surface area contributed by atoms with Crippen molar-refractivity contribution < 1.29 is 4.92 Å². The molecule has 1 aromatic carbocycles. The lowest BCUT2D eigenvalue weighted by Gasteiger charge is -2.26. The summed E-state index contributed by atoms with van der Waals surface area (Å²) in [5, 5.41) is 17.5. The molecule has 92 valence electrons. The van der Waals surface area contributed by atoms with Gasteiger partial charge < -0.3 is 10.6 Å². The van der Waals surface area contributed by atoms with E-state index in [1.165, 1.54) is 0 Å². The van der Waals surface area contributed by atoms with Crippen LogP contribution in [0.1, 0.15) is 18.9 Å². The largest absolute Gasteiger partial charge is 0.379 e. The first-order valence-electron chi connectivity index (χ1n) is 5.74. The Kier molecular flexibility index (Phi) is 3.02. The SMILES string of the molecule is Cc1cc(NC2(C)CCNC2)ccc1[N+](=O)[O-]. The fourth-order valence-corrected chi connectivity index (χ4v) is 2.21. The molecule has 2 N–H and O–H groups in total. The zero-order chi connectivity index (χ0) is 12.5. The molecule has 0 aromatic heterocycles. The highest BCUT2D eigenvalue weighted by Gasteiger charge is 2.28. The van der Waals surface area contributed by atoms with Crippen molar-refractivity contribution >= 4 is 11.4 Å². The standard InChI is InChI=1S/C12H17N3O2/c1-9-7-10(3-4-11(9)15(16)17)14-12(2)5-6-13-8-12/h3-4,7,13-14H,5-6,8H2,1-2H3. The summed E-state index contributed by atoms with van der Waals surface area (Å²) in [7, 11) is 0. The van der Waals surface area contributed by atoms with Crippen LogP contribution in [-0.4, -0.2) is 23.6 Å². The lowest BCUT2D eigenvalue weighted by Crippen LogP contribution is -2.36. The van der Waals surface area contributed by atoms with E-state index in [9.17, 15) is 10.1 Å². The van der Waals surface area contributed by atoms with Crippen LogP contribution >= 0.6 is 0 Å². The molecule has 2 rings (SSSR count). The Balaban J connectivity index is 2.17. The van der Waals surface area contributed by atoms with E-state index in [-0.39, 0.29) is 16.1 Å². The minimum absolute atomic E-state index is 0.0442. The van der Waals surface area contributed by atoms with Gasteiger partial charge in [0.15, 0.2) is 0 Å². The second-order valence-electron chi connectivity index (χ2n) is 4.87. The molecule has 17 heavy (non-hydrogen) atoms. The third-order valence-electron chi connectivity index (χ3n) is 3.21. The molecule has 1 aliphatic heterocycles. The van der Waals surface area contributed by atoms with Crippen LogP contribution in [0, 0.1) is 17.0 Å². The molecule has 1 unspecified atom stereocenters. The zero-order valence-electron chi connectivity index (χ0n) is 10.1. The summed E-state index contributed by atoms with van der Waals surface area (Å²) >= 11 is 0. The second-order valence-corrected chi connectivity index (χ2v) is 4.87. The highest BCUT2D eigenvalue weighted by atomic mass is 16.6. The van der Waals surface area contributed by atoms with Crippen molar-refractivity contribution in [3.05, 3.63) is 33.9 Å². The molecule has 1 saturated heterocycles. The van der Waals surface area contributed by atoms with E-state index >= 15 is 0 Å². The van der Waals surface area contributed by atoms with E-state index in [1.807, 2.05) is 6.07 Å². The topological polar surface area (TPSA) is 67.2 Å². The molecule has 0 saturated carbocycles. The average Bonchev–Trinajstić information content (AvgIpc) is 2.64. The molecule has 0 spiro atoms. The molecule has 5 heteroatoms. The van der Waals surface area contributed by atoms with Crippen molar-refractivity contribution in [3.63, 3.8) is 0 Å². The van der Waals surface area contributed by atoms with Crippen molar-refractivity contribution in [2.75, 3.05) is 18.4 Å². The monoisotopic (exact) mass is 235 g/mol. The number of benzene rings is 1. The Hall–Kier alpha value is -1.62. The number of nitro groups is 1. The molecule has 1 heterocycles. The quantitative estimate of drug-likeness (QED) is 0.621. The normalized spacial score (nSPS) is 23.6. The third kappa shape index (κ3) is 2.55. The van der Waals surface area contributed by atoms with Crippen LogP contribution in [0.2, 0.25) is 0 Å². The smallest absolute Gasteiger partial charge is 0.272 e. The summed E-state index contributed by atoms with van der Waals surface area (Å²) in [6.45, 7) is 5.85. The Morgan fingerprint density at radius 3 is 2.82 bits per heavy atom. The van der Waals surface area contributed by atoms with Gasteiger partial charge in [-0.2, -0.15) is 0 Å². The van der Waals surface area contributed by atoms with E-state index in [4.69, 9.17) is 0 Å². The van der Waals surface area contributed by atoms with Gasteiger partial charge in [0, 0.05) is 29.4 Å². The van der Waals surface area contributed by atoms with Gasteiger partial charge in [0.05, 0.1) is 4.92 Å². The fourth-order valence-electron chi connectivity index (χ4n) is 2.21. The number of nitrogens with one attached hydrogen (secondary N) is 2. The zero-order valence-corrected chi connectivity index (χ0v) is 10.1. The first-order valence-corrected chi connectivity index (χ1v) is 5.74. The molecule has 1 aromatic rings. The number of anilines is 1. The van der Waals surface area contributed by atoms with Gasteiger partial charge in [0.25, 0.3) is 5.69 Å². The van der Waals surface area contributed by atoms with Crippen LogP contribution in [0.25, 0.3) is 0 Å². The highest BCUT2D eigenvalue weighted by molar-refractivity contribution is 5.54. The molecule has 0 radical (unpaired) electrons. The molecule has 0 aliphatic carbocycles. The summed E-state index contributed by atoms with van der Waals surface area (Å²) in [5.41, 5.74) is 1.85. The van der Waals surface area contributed by atoms with Crippen LogP contribution in [0.3, 0.4) is 0 Å². The fraction of sp³-hybridized carbons (Fsp3) is 0.500. The summed E-state index contributed by atoms with van der Waals surface area (Å²) in [6.07, 6.45) is 1.06. The van der Waals surface area contributed by atoms with Crippen molar-refractivity contribution in [2.24, 2.45) is 0 Å². The molecule has 1 atom stereocenters. The van der Waals surface area contributed by atoms with Crippen LogP contribution in [-0.2, 0) is 0 Å². The Bertz CT molecular complexity index is 439. The van der Waals surface area contributed by atoms with Gasteiger partial charge in [-0.25, -0.2) is 0 Å². The van der Waals surface area contributed by atoms with Crippen molar-refractivity contribution in [3.8, 4) is 0 Å². The van der Waals surface area contributed by atoms with E-state index in [2.05, 4.69) is 17.6 Å². The molecule has 5 nitrogen and oxygen atoms in total. The van der Waals surface area contributed by atoms with Crippen molar-refractivity contribution in [2.45, 2.75) is 25.8 Å². The Morgan fingerprint density at radius 1 is 1.53 bits per heavy atom. The minimum Gasteiger partial charge on any atom is -0.379 e. The summed E-state index contributed by atoms with van der Waals surface area (Å²) < 4.78 is 0. The Morgan fingerprint density at radius 2 is 2.29 bits per heavy atom. The van der Waals surface area contributed by atoms with Crippen molar-refractivity contribution in [1.82, 2.24) is 5.32 Å². The number of aryl methyl sites for hydroxylation is 1. The molecule has 1 aliphatic rings. The van der Waals surface area contributed by atoms with Gasteiger partial charge >= 0.3 is 0 Å². The van der Waals surface area contributed by atoms with E-state index in [0.29, 0.717) is 5.56 Å². The van der Waals surface area contributed by atoms with E-state index < -0.39 is 0 Å². The summed E-state index contributed by atoms with van der Waals surface area (Å²) in [6, 6.07) is 5.17. The predicted octanol–water partition coefficient (Wildman–Crippen LogP) is 2.07. The van der Waals surface area contributed by atoms with Gasteiger partial charge in [-0.1, -0.05) is 0 Å². The average molecular weight is 235 g/mol.